The minimum atomic E-state index is 0.553. The van der Waals surface area contributed by atoms with Crippen LogP contribution in [0.5, 0.6) is 0 Å². The van der Waals surface area contributed by atoms with Crippen LogP contribution in [-0.2, 0) is 6.42 Å². The van der Waals surface area contributed by atoms with E-state index in [0.29, 0.717) is 5.82 Å². The molecule has 0 bridgehead atoms. The fraction of sp³-hybridized carbons (Fsp3) is 0.167. The molecule has 0 aliphatic carbocycles. The van der Waals surface area contributed by atoms with Crippen molar-refractivity contribution in [1.82, 2.24) is 9.97 Å². The molecule has 1 aromatic heterocycles. The summed E-state index contributed by atoms with van der Waals surface area (Å²) >= 11 is 2.13. The van der Waals surface area contributed by atoms with Crippen LogP contribution in [0.3, 0.4) is 0 Å². The molecule has 0 spiro atoms. The third kappa shape index (κ3) is 2.69. The van der Waals surface area contributed by atoms with Gasteiger partial charge < -0.3 is 5.73 Å². The van der Waals surface area contributed by atoms with Gasteiger partial charge in [0.1, 0.15) is 11.6 Å². The lowest BCUT2D eigenvalue weighted by molar-refractivity contribution is 0.967. The number of nitrogens with zero attached hydrogens (tertiary/aromatic N) is 2. The maximum absolute atomic E-state index is 5.74. The second-order valence-corrected chi connectivity index (χ2v) is 4.84. The first-order valence-corrected chi connectivity index (χ1v) is 6.05. The third-order valence-electron chi connectivity index (χ3n) is 2.30. The van der Waals surface area contributed by atoms with E-state index in [9.17, 15) is 0 Å². The summed E-state index contributed by atoms with van der Waals surface area (Å²) in [5.74, 6) is 1.32. The quantitative estimate of drug-likeness (QED) is 0.864. The molecule has 0 fully saturated rings. The zero-order valence-electron chi connectivity index (χ0n) is 8.94. The summed E-state index contributed by atoms with van der Waals surface area (Å²) in [6, 6.07) is 8.36. The van der Waals surface area contributed by atoms with Gasteiger partial charge in [0.2, 0.25) is 0 Å². The number of hydrogen-bond donors (Lipinski definition) is 1. The van der Waals surface area contributed by atoms with Gasteiger partial charge in [-0.1, -0.05) is 29.8 Å². The number of halogens is 1. The van der Waals surface area contributed by atoms with Crippen LogP contribution in [0.4, 0.5) is 5.82 Å². The highest BCUT2D eigenvalue weighted by atomic mass is 127. The first-order chi connectivity index (χ1) is 7.65. The summed E-state index contributed by atoms with van der Waals surface area (Å²) < 4.78 is 0.894. The van der Waals surface area contributed by atoms with Crippen molar-refractivity contribution >= 4 is 28.4 Å². The van der Waals surface area contributed by atoms with Crippen molar-refractivity contribution in [3.63, 3.8) is 0 Å². The van der Waals surface area contributed by atoms with Gasteiger partial charge >= 0.3 is 0 Å². The average Bonchev–Trinajstić information content (AvgIpc) is 2.27. The Bertz CT molecular complexity index is 494. The predicted molar refractivity (Wildman–Crippen MR) is 73.1 cm³/mol. The van der Waals surface area contributed by atoms with E-state index >= 15 is 0 Å². The van der Waals surface area contributed by atoms with E-state index in [4.69, 9.17) is 5.73 Å². The number of benzene rings is 1. The largest absolute Gasteiger partial charge is 0.383 e. The molecule has 2 N–H and O–H groups in total. The Labute approximate surface area is 108 Å². The molecule has 1 heterocycles. The fourth-order valence-electron chi connectivity index (χ4n) is 1.39. The van der Waals surface area contributed by atoms with Crippen LogP contribution in [-0.4, -0.2) is 9.97 Å². The maximum Gasteiger partial charge on any atom is 0.140 e. The van der Waals surface area contributed by atoms with Gasteiger partial charge in [0.05, 0.1) is 3.57 Å². The van der Waals surface area contributed by atoms with Gasteiger partial charge in [-0.05, 0) is 35.1 Å². The van der Waals surface area contributed by atoms with Gasteiger partial charge in [0, 0.05) is 12.6 Å². The minimum absolute atomic E-state index is 0.553. The Morgan fingerprint density at radius 2 is 1.94 bits per heavy atom. The van der Waals surface area contributed by atoms with E-state index in [-0.39, 0.29) is 0 Å². The summed E-state index contributed by atoms with van der Waals surface area (Å²) in [6.07, 6.45) is 2.48. The lowest BCUT2D eigenvalue weighted by Crippen LogP contribution is -2.02. The molecule has 3 nitrogen and oxygen atoms in total. The van der Waals surface area contributed by atoms with Crippen LogP contribution in [0.15, 0.2) is 30.5 Å². The lowest BCUT2D eigenvalue weighted by Gasteiger charge is -2.03. The van der Waals surface area contributed by atoms with E-state index in [1.165, 1.54) is 11.1 Å². The normalized spacial score (nSPS) is 10.4. The highest BCUT2D eigenvalue weighted by molar-refractivity contribution is 14.1. The zero-order valence-corrected chi connectivity index (χ0v) is 11.1. The molecule has 4 heteroatoms. The van der Waals surface area contributed by atoms with Crippen molar-refractivity contribution in [1.29, 1.82) is 0 Å². The first kappa shape index (κ1) is 11.3. The first-order valence-electron chi connectivity index (χ1n) is 4.97. The van der Waals surface area contributed by atoms with Crippen LogP contribution in [0.25, 0.3) is 0 Å². The standard InChI is InChI=1S/C12H12IN3/c1-8-2-4-9(5-3-8)6-11-15-7-10(13)12(14)16-11/h2-5,7H,6H2,1H3,(H2,14,15,16). The van der Waals surface area contributed by atoms with E-state index < -0.39 is 0 Å². The van der Waals surface area contributed by atoms with Crippen molar-refractivity contribution in [2.45, 2.75) is 13.3 Å². The second kappa shape index (κ2) is 4.78. The topological polar surface area (TPSA) is 51.8 Å². The van der Waals surface area contributed by atoms with Crippen LogP contribution >= 0.6 is 22.6 Å². The summed E-state index contributed by atoms with van der Waals surface area (Å²) in [7, 11) is 0. The van der Waals surface area contributed by atoms with Crippen molar-refractivity contribution < 1.29 is 0 Å². The molecule has 0 aliphatic heterocycles. The van der Waals surface area contributed by atoms with Crippen LogP contribution < -0.4 is 5.73 Å². The van der Waals surface area contributed by atoms with Gasteiger partial charge in [-0.15, -0.1) is 0 Å². The van der Waals surface area contributed by atoms with Crippen LogP contribution in [0.1, 0.15) is 17.0 Å². The molecule has 0 aliphatic rings. The Hall–Kier alpha value is -1.17. The molecule has 16 heavy (non-hydrogen) atoms. The van der Waals surface area contributed by atoms with Gasteiger partial charge in [-0.2, -0.15) is 0 Å². The molecule has 0 unspecified atom stereocenters. The molecular weight excluding hydrogens is 313 g/mol. The van der Waals surface area contributed by atoms with Crippen molar-refractivity contribution in [2.75, 3.05) is 5.73 Å². The smallest absolute Gasteiger partial charge is 0.140 e. The highest BCUT2D eigenvalue weighted by Crippen LogP contribution is 2.12. The van der Waals surface area contributed by atoms with E-state index in [0.717, 1.165) is 15.8 Å². The van der Waals surface area contributed by atoms with Crippen molar-refractivity contribution in [3.8, 4) is 0 Å². The van der Waals surface area contributed by atoms with Gasteiger partial charge in [0.15, 0.2) is 0 Å². The summed E-state index contributed by atoms with van der Waals surface area (Å²) in [4.78, 5) is 8.51. The number of anilines is 1. The highest BCUT2D eigenvalue weighted by Gasteiger charge is 2.02. The predicted octanol–water partition coefficient (Wildman–Crippen LogP) is 2.56. The number of nitrogen functional groups attached to an aromatic ring is 1. The van der Waals surface area contributed by atoms with Gasteiger partial charge in [0.25, 0.3) is 0 Å². The Balaban J connectivity index is 2.20. The molecule has 2 aromatic rings. The van der Waals surface area contributed by atoms with Crippen LogP contribution in [0.2, 0.25) is 0 Å². The molecule has 1 aromatic carbocycles. The van der Waals surface area contributed by atoms with Crippen molar-refractivity contribution in [2.24, 2.45) is 0 Å². The lowest BCUT2D eigenvalue weighted by atomic mass is 10.1. The molecule has 0 radical (unpaired) electrons. The number of aryl methyl sites for hydroxylation is 1. The molecule has 0 atom stereocenters. The van der Waals surface area contributed by atoms with E-state index in [1.54, 1.807) is 6.20 Å². The summed E-state index contributed by atoms with van der Waals surface area (Å²) in [6.45, 7) is 2.07. The van der Waals surface area contributed by atoms with E-state index in [2.05, 4.69) is 63.7 Å². The number of hydrogen-bond acceptors (Lipinski definition) is 3. The molecule has 0 saturated carbocycles. The maximum atomic E-state index is 5.74. The van der Waals surface area contributed by atoms with Crippen molar-refractivity contribution in [3.05, 3.63) is 51.0 Å². The molecule has 2 rings (SSSR count). The number of nitrogens with two attached hydrogens (primary N) is 1. The Kier molecular flexibility index (Phi) is 3.38. The Morgan fingerprint density at radius 3 is 2.56 bits per heavy atom. The average molecular weight is 325 g/mol. The molecule has 0 saturated heterocycles. The number of rotatable bonds is 2. The molecular formula is C12H12IN3. The summed E-state index contributed by atoms with van der Waals surface area (Å²) in [5.41, 5.74) is 8.20. The summed E-state index contributed by atoms with van der Waals surface area (Å²) in [5, 5.41) is 0. The van der Waals surface area contributed by atoms with Gasteiger partial charge in [-0.25, -0.2) is 9.97 Å². The second-order valence-electron chi connectivity index (χ2n) is 3.68. The van der Waals surface area contributed by atoms with Crippen LogP contribution in [0, 0.1) is 10.5 Å². The Morgan fingerprint density at radius 1 is 1.25 bits per heavy atom. The number of aromatic nitrogens is 2. The minimum Gasteiger partial charge on any atom is -0.383 e. The SMILES string of the molecule is Cc1ccc(Cc2ncc(I)c(N)n2)cc1. The third-order valence-corrected chi connectivity index (χ3v) is 3.14. The fourth-order valence-corrected chi connectivity index (χ4v) is 1.65. The van der Waals surface area contributed by atoms with E-state index in [1.807, 2.05) is 0 Å². The zero-order chi connectivity index (χ0) is 11.5. The molecule has 0 amide bonds. The monoisotopic (exact) mass is 325 g/mol. The van der Waals surface area contributed by atoms with Gasteiger partial charge in [-0.3, -0.25) is 0 Å². The molecule has 82 valence electrons.